The minimum atomic E-state index is -0.921. The van der Waals surface area contributed by atoms with Crippen LogP contribution in [0.4, 0.5) is 4.79 Å². The molecule has 8 heteroatoms. The number of nitrogens with one attached hydrogen (secondary N) is 1. The first kappa shape index (κ1) is 17.7. The van der Waals surface area contributed by atoms with Crippen LogP contribution in [-0.2, 0) is 36.2 Å². The molecule has 0 saturated heterocycles. The van der Waals surface area contributed by atoms with Gasteiger partial charge in [-0.15, -0.1) is 0 Å². The predicted molar refractivity (Wildman–Crippen MR) is 53.0 cm³/mol. The molecule has 0 saturated carbocycles. The summed E-state index contributed by atoms with van der Waals surface area (Å²) in [6, 6.07) is -0.792. The monoisotopic (exact) mass is 289 g/mol. The summed E-state index contributed by atoms with van der Waals surface area (Å²) in [5.74, 6) is -1.84. The largest absolute Gasteiger partial charge is 0.348 e. The Morgan fingerprint density at radius 1 is 1.18 bits per heavy atom. The maximum Gasteiger partial charge on any atom is 0.348 e. The molecule has 1 radical (unpaired) electrons. The molecule has 0 aromatic heterocycles. The molecule has 0 aromatic carbocycles. The molecule has 1 N–H and O–H groups in total. The number of ketones is 3. The molecule has 1 aliphatic heterocycles. The van der Waals surface area contributed by atoms with E-state index in [1.165, 1.54) is 13.8 Å². The van der Waals surface area contributed by atoms with Crippen LogP contribution in [-0.4, -0.2) is 35.5 Å². The second kappa shape index (κ2) is 8.49. The SMILES string of the molecule is CC(=O)CC(C)=O.O=C1N=CC(=O)C(=O)N1.[Cu]. The summed E-state index contributed by atoms with van der Waals surface area (Å²) in [6.45, 7) is 2.81. The van der Waals surface area contributed by atoms with E-state index in [-0.39, 0.29) is 35.1 Å². The van der Waals surface area contributed by atoms with Crippen molar-refractivity contribution in [3.05, 3.63) is 0 Å². The van der Waals surface area contributed by atoms with E-state index in [9.17, 15) is 24.0 Å². The smallest absolute Gasteiger partial charge is 0.300 e. The predicted octanol–water partition coefficient (Wildman–Crippen LogP) is -0.572. The van der Waals surface area contributed by atoms with Crippen LogP contribution in [0.2, 0.25) is 0 Å². The number of hydrogen-bond donors (Lipinski definition) is 1. The van der Waals surface area contributed by atoms with Gasteiger partial charge in [-0.05, 0) is 13.8 Å². The van der Waals surface area contributed by atoms with E-state index >= 15 is 0 Å². The quantitative estimate of drug-likeness (QED) is 0.416. The Hall–Kier alpha value is -1.66. The second-order valence-electron chi connectivity index (χ2n) is 2.96. The van der Waals surface area contributed by atoms with Gasteiger partial charge in [0.15, 0.2) is 0 Å². The molecule has 0 fully saturated rings. The zero-order valence-electron chi connectivity index (χ0n) is 9.07. The zero-order valence-corrected chi connectivity index (χ0v) is 10.0. The van der Waals surface area contributed by atoms with Crippen molar-refractivity contribution in [2.75, 3.05) is 0 Å². The maximum atomic E-state index is 10.2. The van der Waals surface area contributed by atoms with Gasteiger partial charge in [-0.2, -0.15) is 4.99 Å². The summed E-state index contributed by atoms with van der Waals surface area (Å²) in [4.78, 5) is 53.7. The van der Waals surface area contributed by atoms with Gasteiger partial charge in [0.25, 0.3) is 5.78 Å². The van der Waals surface area contributed by atoms with E-state index < -0.39 is 17.7 Å². The molecule has 0 atom stereocenters. The summed E-state index contributed by atoms with van der Waals surface area (Å²) in [5, 5.41) is 1.70. The zero-order chi connectivity index (χ0) is 12.7. The number of urea groups is 1. The molecule has 7 nitrogen and oxygen atoms in total. The maximum absolute atomic E-state index is 10.2. The van der Waals surface area contributed by atoms with Gasteiger partial charge in [0.1, 0.15) is 11.6 Å². The average Bonchev–Trinajstić information content (AvgIpc) is 2.10. The van der Waals surface area contributed by atoms with Crippen molar-refractivity contribution in [1.82, 2.24) is 5.32 Å². The van der Waals surface area contributed by atoms with Gasteiger partial charge in [-0.3, -0.25) is 24.5 Å². The summed E-state index contributed by atoms with van der Waals surface area (Å²) in [6.07, 6.45) is 0.779. The Balaban J connectivity index is 0. The van der Waals surface area contributed by atoms with Crippen molar-refractivity contribution in [3.8, 4) is 0 Å². The first-order chi connectivity index (χ1) is 7.32. The molecule has 17 heavy (non-hydrogen) atoms. The number of hydrogen-bond acceptors (Lipinski definition) is 5. The van der Waals surface area contributed by atoms with E-state index in [0.29, 0.717) is 6.21 Å². The van der Waals surface area contributed by atoms with Crippen molar-refractivity contribution < 1.29 is 41.0 Å². The molecule has 97 valence electrons. The van der Waals surface area contributed by atoms with Crippen LogP contribution in [0.1, 0.15) is 20.3 Å². The van der Waals surface area contributed by atoms with Crippen LogP contribution < -0.4 is 5.32 Å². The number of aliphatic imine (C=N–C) groups is 1. The standard InChI is InChI=1S/C5H8O2.C4H2N2O3.Cu/c1-4(6)3-5(2)7;7-2-1-5-4(9)6-3(2)8;/h3H2,1-2H3;1H,(H,6,8,9);. The number of imide groups is 1. The molecule has 0 aliphatic carbocycles. The molecule has 1 heterocycles. The molecule has 1 rings (SSSR count). The molecule has 3 amide bonds. The third-order valence-electron chi connectivity index (χ3n) is 1.24. The minimum Gasteiger partial charge on any atom is -0.300 e. The van der Waals surface area contributed by atoms with E-state index in [1.54, 1.807) is 5.32 Å². The first-order valence-electron chi connectivity index (χ1n) is 4.25. The van der Waals surface area contributed by atoms with E-state index in [2.05, 4.69) is 4.99 Å². The van der Waals surface area contributed by atoms with Crippen LogP contribution >= 0.6 is 0 Å². The fourth-order valence-electron chi connectivity index (χ4n) is 0.717. The Labute approximate surface area is 108 Å². The van der Waals surface area contributed by atoms with Crippen molar-refractivity contribution in [2.24, 2.45) is 4.99 Å². The second-order valence-corrected chi connectivity index (χ2v) is 2.96. The number of nitrogens with zero attached hydrogens (tertiary/aromatic N) is 1. The van der Waals surface area contributed by atoms with Gasteiger partial charge in [0.05, 0.1) is 12.6 Å². The van der Waals surface area contributed by atoms with Gasteiger partial charge >= 0.3 is 11.9 Å². The summed E-state index contributed by atoms with van der Waals surface area (Å²) < 4.78 is 0. The van der Waals surface area contributed by atoms with Gasteiger partial charge in [-0.25, -0.2) is 4.79 Å². The number of Topliss-reactive ketones (excluding diaryl/α,β-unsaturated/α-hetero) is 3. The molecule has 0 aromatic rings. The molecule has 0 unspecified atom stereocenters. The van der Waals surface area contributed by atoms with Gasteiger partial charge in [0.2, 0.25) is 0 Å². The first-order valence-corrected chi connectivity index (χ1v) is 4.25. The fraction of sp³-hybridized carbons (Fsp3) is 0.333. The van der Waals surface area contributed by atoms with Crippen LogP contribution in [0.5, 0.6) is 0 Å². The third kappa shape index (κ3) is 9.28. The van der Waals surface area contributed by atoms with E-state index in [4.69, 9.17) is 0 Å². The van der Waals surface area contributed by atoms with Crippen LogP contribution in [0.25, 0.3) is 0 Å². The van der Waals surface area contributed by atoms with Crippen LogP contribution in [0.15, 0.2) is 4.99 Å². The Morgan fingerprint density at radius 3 is 1.88 bits per heavy atom. The van der Waals surface area contributed by atoms with Crippen molar-refractivity contribution in [2.45, 2.75) is 20.3 Å². The van der Waals surface area contributed by atoms with Crippen molar-refractivity contribution >= 4 is 35.5 Å². The fourth-order valence-corrected chi connectivity index (χ4v) is 0.717. The molecular formula is C9H10CuN2O5. The summed E-state index contributed by atoms with van der Waals surface area (Å²) in [7, 11) is 0. The van der Waals surface area contributed by atoms with Crippen LogP contribution in [0.3, 0.4) is 0 Å². The number of amides is 3. The molecule has 1 aliphatic rings. The Morgan fingerprint density at radius 2 is 1.65 bits per heavy atom. The topological polar surface area (TPSA) is 110 Å². The number of carbonyl (C=O) groups excluding carboxylic acids is 5. The Bertz CT molecular complexity index is 377. The summed E-state index contributed by atoms with van der Waals surface area (Å²) in [5.41, 5.74) is 0. The van der Waals surface area contributed by atoms with E-state index in [1.807, 2.05) is 0 Å². The normalized spacial score (nSPS) is 12.9. The van der Waals surface area contributed by atoms with Crippen molar-refractivity contribution in [1.29, 1.82) is 0 Å². The number of rotatable bonds is 2. The van der Waals surface area contributed by atoms with Gasteiger partial charge < -0.3 is 0 Å². The third-order valence-corrected chi connectivity index (χ3v) is 1.24. The summed E-state index contributed by atoms with van der Waals surface area (Å²) >= 11 is 0. The Kier molecular flexibility index (Phi) is 8.85. The molecule has 0 spiro atoms. The van der Waals surface area contributed by atoms with Crippen LogP contribution in [0, 0.1) is 0 Å². The number of carbonyl (C=O) groups is 5. The van der Waals surface area contributed by atoms with E-state index in [0.717, 1.165) is 0 Å². The van der Waals surface area contributed by atoms with Crippen molar-refractivity contribution in [3.63, 3.8) is 0 Å². The molecular weight excluding hydrogens is 280 g/mol. The van der Waals surface area contributed by atoms with Gasteiger partial charge in [0, 0.05) is 17.1 Å². The molecule has 0 bridgehead atoms. The van der Waals surface area contributed by atoms with Gasteiger partial charge in [-0.1, -0.05) is 0 Å². The average molecular weight is 290 g/mol. The minimum absolute atomic E-state index is 0.